The molecule has 0 aliphatic carbocycles. The molecule has 0 amide bonds. The highest BCUT2D eigenvalue weighted by Gasteiger charge is 2.09. The van der Waals surface area contributed by atoms with Crippen molar-refractivity contribution in [1.82, 2.24) is 0 Å². The largest absolute Gasteiger partial charge is 0.399 e. The third-order valence-electron chi connectivity index (χ3n) is 2.52. The van der Waals surface area contributed by atoms with Crippen LogP contribution in [0.15, 0.2) is 47.4 Å². The van der Waals surface area contributed by atoms with E-state index >= 15 is 0 Å². The first kappa shape index (κ1) is 13.7. The highest BCUT2D eigenvalue weighted by Crippen LogP contribution is 2.29. The molecule has 0 aliphatic heterocycles. The van der Waals surface area contributed by atoms with E-state index in [2.05, 4.69) is 0 Å². The Hall–Kier alpha value is -1.72. The van der Waals surface area contributed by atoms with Gasteiger partial charge in [0.1, 0.15) is 0 Å². The Morgan fingerprint density at radius 1 is 1.21 bits per heavy atom. The van der Waals surface area contributed by atoms with Crippen LogP contribution in [-0.4, -0.2) is 4.92 Å². The zero-order valence-corrected chi connectivity index (χ0v) is 11.4. The normalized spacial score (nSPS) is 10.4. The molecule has 0 heterocycles. The molecule has 2 rings (SSSR count). The molecule has 0 saturated carbocycles. The first-order valence-electron chi connectivity index (χ1n) is 5.47. The summed E-state index contributed by atoms with van der Waals surface area (Å²) >= 11 is 7.63. The third-order valence-corrected chi connectivity index (χ3v) is 3.93. The number of nitro groups is 1. The number of halogens is 1. The molecule has 98 valence electrons. The lowest BCUT2D eigenvalue weighted by Crippen LogP contribution is -1.90. The van der Waals surface area contributed by atoms with Crippen molar-refractivity contribution in [3.05, 3.63) is 63.2 Å². The molecule has 4 nitrogen and oxygen atoms in total. The smallest absolute Gasteiger partial charge is 0.270 e. The highest BCUT2D eigenvalue weighted by atomic mass is 35.5. The number of hydrogen-bond donors (Lipinski definition) is 1. The van der Waals surface area contributed by atoms with Gasteiger partial charge >= 0.3 is 0 Å². The number of non-ortho nitro benzene ring substituents is 1. The summed E-state index contributed by atoms with van der Waals surface area (Å²) in [7, 11) is 0. The van der Waals surface area contributed by atoms with Gasteiger partial charge in [-0.25, -0.2) is 0 Å². The minimum absolute atomic E-state index is 0.00577. The van der Waals surface area contributed by atoms with Crippen molar-refractivity contribution in [2.45, 2.75) is 10.6 Å². The second-order valence-corrected chi connectivity index (χ2v) is 5.35. The summed E-state index contributed by atoms with van der Waals surface area (Å²) < 4.78 is 0. The summed E-state index contributed by atoms with van der Waals surface area (Å²) in [5.41, 5.74) is 7.20. The second-order valence-electron chi connectivity index (χ2n) is 3.89. The van der Waals surface area contributed by atoms with E-state index in [1.54, 1.807) is 17.8 Å². The molecule has 0 fully saturated rings. The predicted molar refractivity (Wildman–Crippen MR) is 78.5 cm³/mol. The van der Waals surface area contributed by atoms with Gasteiger partial charge in [-0.15, -0.1) is 11.8 Å². The average Bonchev–Trinajstić information content (AvgIpc) is 2.39. The van der Waals surface area contributed by atoms with E-state index in [-0.39, 0.29) is 5.69 Å². The molecule has 6 heteroatoms. The van der Waals surface area contributed by atoms with Crippen LogP contribution in [0.4, 0.5) is 11.4 Å². The topological polar surface area (TPSA) is 69.2 Å². The molecule has 0 unspecified atom stereocenters. The Bertz CT molecular complexity index is 602. The number of nitrogens with two attached hydrogens (primary N) is 1. The van der Waals surface area contributed by atoms with Gasteiger partial charge in [0.25, 0.3) is 5.69 Å². The van der Waals surface area contributed by atoms with Crippen LogP contribution in [0, 0.1) is 10.1 Å². The maximum Gasteiger partial charge on any atom is 0.270 e. The molecular weight excluding hydrogens is 284 g/mol. The van der Waals surface area contributed by atoms with Gasteiger partial charge in [0.05, 0.1) is 9.95 Å². The summed E-state index contributed by atoms with van der Waals surface area (Å²) in [6, 6.07) is 12.0. The van der Waals surface area contributed by atoms with Gasteiger partial charge in [0, 0.05) is 28.5 Å². The quantitative estimate of drug-likeness (QED) is 0.398. The van der Waals surface area contributed by atoms with E-state index in [1.165, 1.54) is 12.1 Å². The van der Waals surface area contributed by atoms with Crippen LogP contribution in [0.1, 0.15) is 5.56 Å². The number of nitrogen functional groups attached to an aromatic ring is 1. The fourth-order valence-electron chi connectivity index (χ4n) is 1.49. The summed E-state index contributed by atoms with van der Waals surface area (Å²) in [4.78, 5) is 11.2. The lowest BCUT2D eigenvalue weighted by Gasteiger charge is -2.04. The van der Waals surface area contributed by atoms with Crippen molar-refractivity contribution in [1.29, 1.82) is 0 Å². The van der Waals surface area contributed by atoms with Gasteiger partial charge in [-0.2, -0.15) is 0 Å². The summed E-state index contributed by atoms with van der Waals surface area (Å²) in [6.45, 7) is 0. The van der Waals surface area contributed by atoms with Crippen molar-refractivity contribution in [3.63, 3.8) is 0 Å². The van der Waals surface area contributed by atoms with E-state index < -0.39 is 4.92 Å². The Kier molecular flexibility index (Phi) is 4.29. The highest BCUT2D eigenvalue weighted by molar-refractivity contribution is 7.98. The molecular formula is C13H11ClN2O2S. The van der Waals surface area contributed by atoms with E-state index in [4.69, 9.17) is 17.3 Å². The summed E-state index contributed by atoms with van der Waals surface area (Å²) in [5.74, 6) is 0.654. The number of anilines is 1. The van der Waals surface area contributed by atoms with Gasteiger partial charge in [-0.1, -0.05) is 11.6 Å². The SMILES string of the molecule is Nc1ccc(SCc2ccc([N+](=O)[O-])cc2Cl)cc1. The van der Waals surface area contributed by atoms with Crippen LogP contribution in [0.3, 0.4) is 0 Å². The number of rotatable bonds is 4. The molecule has 0 radical (unpaired) electrons. The fraction of sp³-hybridized carbons (Fsp3) is 0.0769. The van der Waals surface area contributed by atoms with Crippen LogP contribution in [0.25, 0.3) is 0 Å². The lowest BCUT2D eigenvalue weighted by atomic mass is 10.2. The minimum atomic E-state index is -0.456. The van der Waals surface area contributed by atoms with Gasteiger partial charge < -0.3 is 5.73 Å². The zero-order chi connectivity index (χ0) is 13.8. The average molecular weight is 295 g/mol. The van der Waals surface area contributed by atoms with Gasteiger partial charge in [0.15, 0.2) is 0 Å². The number of hydrogen-bond acceptors (Lipinski definition) is 4. The molecule has 0 saturated heterocycles. The first-order chi connectivity index (χ1) is 9.06. The fourth-order valence-corrected chi connectivity index (χ4v) is 2.72. The Morgan fingerprint density at radius 3 is 2.47 bits per heavy atom. The number of nitrogens with zero attached hydrogens (tertiary/aromatic N) is 1. The van der Waals surface area contributed by atoms with E-state index in [1.807, 2.05) is 24.3 Å². The van der Waals surface area contributed by atoms with Crippen molar-refractivity contribution >= 4 is 34.7 Å². The van der Waals surface area contributed by atoms with E-state index in [9.17, 15) is 10.1 Å². The molecule has 0 aromatic heterocycles. The molecule has 2 aromatic carbocycles. The summed E-state index contributed by atoms with van der Waals surface area (Å²) in [5, 5.41) is 11.0. The van der Waals surface area contributed by atoms with Gasteiger partial charge in [-0.3, -0.25) is 10.1 Å². The van der Waals surface area contributed by atoms with Crippen LogP contribution in [-0.2, 0) is 5.75 Å². The Morgan fingerprint density at radius 2 is 1.89 bits per heavy atom. The van der Waals surface area contributed by atoms with Crippen molar-refractivity contribution in [3.8, 4) is 0 Å². The monoisotopic (exact) mass is 294 g/mol. The molecule has 0 spiro atoms. The number of nitro benzene ring substituents is 1. The standard InChI is InChI=1S/C13H11ClN2O2S/c14-13-7-11(16(17)18)4-1-9(13)8-19-12-5-2-10(15)3-6-12/h1-7H,8,15H2. The van der Waals surface area contributed by atoms with Crippen LogP contribution in [0.2, 0.25) is 5.02 Å². The molecule has 0 bridgehead atoms. The predicted octanol–water partition coefficient (Wildman–Crippen LogP) is 4.12. The Labute approximate surface area is 119 Å². The summed E-state index contributed by atoms with van der Waals surface area (Å²) in [6.07, 6.45) is 0. The van der Waals surface area contributed by atoms with Gasteiger partial charge in [0.2, 0.25) is 0 Å². The molecule has 0 atom stereocenters. The maximum atomic E-state index is 10.6. The van der Waals surface area contributed by atoms with Crippen molar-refractivity contribution in [2.24, 2.45) is 0 Å². The minimum Gasteiger partial charge on any atom is -0.399 e. The van der Waals surface area contributed by atoms with Crippen LogP contribution < -0.4 is 5.73 Å². The molecule has 2 aromatic rings. The maximum absolute atomic E-state index is 10.6. The Balaban J connectivity index is 2.07. The lowest BCUT2D eigenvalue weighted by molar-refractivity contribution is -0.384. The van der Waals surface area contributed by atoms with Crippen molar-refractivity contribution in [2.75, 3.05) is 5.73 Å². The van der Waals surface area contributed by atoms with Crippen molar-refractivity contribution < 1.29 is 4.92 Å². The molecule has 2 N–H and O–H groups in total. The van der Waals surface area contributed by atoms with Gasteiger partial charge in [-0.05, 0) is 35.9 Å². The zero-order valence-electron chi connectivity index (χ0n) is 9.88. The third kappa shape index (κ3) is 3.62. The van der Waals surface area contributed by atoms with E-state index in [0.717, 1.165) is 16.1 Å². The van der Waals surface area contributed by atoms with Crippen LogP contribution in [0.5, 0.6) is 0 Å². The van der Waals surface area contributed by atoms with E-state index in [0.29, 0.717) is 10.8 Å². The van der Waals surface area contributed by atoms with Crippen LogP contribution >= 0.6 is 23.4 Å². The number of benzene rings is 2. The number of thioether (sulfide) groups is 1. The molecule has 0 aliphatic rings. The first-order valence-corrected chi connectivity index (χ1v) is 6.84. The molecule has 19 heavy (non-hydrogen) atoms. The second kappa shape index (κ2) is 5.95.